The maximum Gasteiger partial charge on any atom is 0.317 e. The molecule has 2 aromatic rings. The van der Waals surface area contributed by atoms with Crippen molar-refractivity contribution < 1.29 is 28.5 Å². The summed E-state index contributed by atoms with van der Waals surface area (Å²) in [4.78, 5) is 27.9. The molecule has 10 nitrogen and oxygen atoms in total. The number of carbonyl (C=O) groups is 2. The standard InChI is InChI=1S/C27H36N4O6/c1-6-12-28-27(33)30(13-14-34-2)18-26(32)31-24(22-16-21(36-4)10-11-25(22)37-5)17-23(29-31)19-8-7-9-20(15-19)35-3/h7-11,15-16,24H,6,12-14,17-18H2,1-5H3,(H,28,33). The zero-order chi connectivity index (χ0) is 26.8. The smallest absolute Gasteiger partial charge is 0.317 e. The van der Waals surface area contributed by atoms with Crippen LogP contribution in [-0.2, 0) is 9.53 Å². The molecule has 10 heteroatoms. The number of hydrazone groups is 1. The Morgan fingerprint density at radius 3 is 2.49 bits per heavy atom. The molecular weight excluding hydrogens is 476 g/mol. The summed E-state index contributed by atoms with van der Waals surface area (Å²) in [5.41, 5.74) is 2.33. The molecule has 0 saturated heterocycles. The maximum atomic E-state index is 13.7. The van der Waals surface area contributed by atoms with Crippen LogP contribution in [0.3, 0.4) is 0 Å². The summed E-state index contributed by atoms with van der Waals surface area (Å²) in [5.74, 6) is 1.62. The number of amides is 3. The van der Waals surface area contributed by atoms with Gasteiger partial charge in [-0.3, -0.25) is 4.79 Å². The first kappa shape index (κ1) is 27.8. The second kappa shape index (κ2) is 13.5. The highest BCUT2D eigenvalue weighted by Gasteiger charge is 2.36. The Morgan fingerprint density at radius 2 is 1.81 bits per heavy atom. The fourth-order valence-electron chi connectivity index (χ4n) is 4.09. The molecule has 0 radical (unpaired) electrons. The number of hydrogen-bond donors (Lipinski definition) is 1. The molecule has 2 aromatic carbocycles. The first-order valence-electron chi connectivity index (χ1n) is 12.2. The van der Waals surface area contributed by atoms with Crippen molar-refractivity contribution in [2.24, 2.45) is 5.10 Å². The van der Waals surface area contributed by atoms with E-state index in [4.69, 9.17) is 24.0 Å². The van der Waals surface area contributed by atoms with Gasteiger partial charge in [0.25, 0.3) is 5.91 Å². The fraction of sp³-hybridized carbons (Fsp3) is 0.444. The number of rotatable bonds is 12. The molecule has 200 valence electrons. The van der Waals surface area contributed by atoms with Gasteiger partial charge in [-0.2, -0.15) is 5.10 Å². The summed E-state index contributed by atoms with van der Waals surface area (Å²) in [6, 6.07) is 12.2. The number of ether oxygens (including phenoxy) is 4. The lowest BCUT2D eigenvalue weighted by Gasteiger charge is -2.27. The highest BCUT2D eigenvalue weighted by atomic mass is 16.5. The van der Waals surface area contributed by atoms with Crippen molar-refractivity contribution in [3.63, 3.8) is 0 Å². The topological polar surface area (TPSA) is 102 Å². The summed E-state index contributed by atoms with van der Waals surface area (Å²) in [6.07, 6.45) is 1.23. The van der Waals surface area contributed by atoms with Crippen LogP contribution in [0.2, 0.25) is 0 Å². The molecule has 1 aliphatic rings. The van der Waals surface area contributed by atoms with Gasteiger partial charge in [-0.25, -0.2) is 9.80 Å². The van der Waals surface area contributed by atoms with Crippen LogP contribution in [0.25, 0.3) is 0 Å². The highest BCUT2D eigenvalue weighted by Crippen LogP contribution is 2.39. The van der Waals surface area contributed by atoms with Crippen LogP contribution in [-0.4, -0.2) is 82.2 Å². The highest BCUT2D eigenvalue weighted by molar-refractivity contribution is 6.03. The van der Waals surface area contributed by atoms with Crippen molar-refractivity contribution in [2.75, 3.05) is 54.7 Å². The molecule has 0 aromatic heterocycles. The average molecular weight is 513 g/mol. The molecule has 0 spiro atoms. The Labute approximate surface area is 218 Å². The SMILES string of the molecule is CCCNC(=O)N(CCOC)CC(=O)N1N=C(c2cccc(OC)c2)CC1c1cc(OC)ccc1OC. The van der Waals surface area contributed by atoms with E-state index in [1.807, 2.05) is 43.3 Å². The van der Waals surface area contributed by atoms with Crippen LogP contribution in [0.5, 0.6) is 17.2 Å². The number of hydrogen-bond acceptors (Lipinski definition) is 7. The monoisotopic (exact) mass is 512 g/mol. The molecule has 0 aliphatic carbocycles. The van der Waals surface area contributed by atoms with Gasteiger partial charge in [0.1, 0.15) is 23.8 Å². The fourth-order valence-corrected chi connectivity index (χ4v) is 4.09. The zero-order valence-corrected chi connectivity index (χ0v) is 22.2. The van der Waals surface area contributed by atoms with Gasteiger partial charge in [0.2, 0.25) is 0 Å². The van der Waals surface area contributed by atoms with Crippen molar-refractivity contribution in [3.05, 3.63) is 53.6 Å². The van der Waals surface area contributed by atoms with E-state index in [1.165, 1.54) is 9.91 Å². The molecule has 1 atom stereocenters. The molecule has 3 rings (SSSR count). The Morgan fingerprint density at radius 1 is 1.05 bits per heavy atom. The Hall–Kier alpha value is -3.79. The van der Waals surface area contributed by atoms with E-state index in [2.05, 4.69) is 5.32 Å². The lowest BCUT2D eigenvalue weighted by molar-refractivity contribution is -0.133. The minimum atomic E-state index is -0.457. The number of benzene rings is 2. The molecule has 1 aliphatic heterocycles. The van der Waals surface area contributed by atoms with Gasteiger partial charge in [-0.15, -0.1) is 0 Å². The van der Waals surface area contributed by atoms with E-state index in [0.29, 0.717) is 36.8 Å². The quantitative estimate of drug-likeness (QED) is 0.467. The third-order valence-corrected chi connectivity index (χ3v) is 6.07. The summed E-state index contributed by atoms with van der Waals surface area (Å²) < 4.78 is 21.6. The number of nitrogens with zero attached hydrogens (tertiary/aromatic N) is 3. The molecule has 3 amide bonds. The molecule has 0 bridgehead atoms. The molecule has 0 fully saturated rings. The van der Waals surface area contributed by atoms with E-state index >= 15 is 0 Å². The Kier molecular flexibility index (Phi) is 10.1. The minimum Gasteiger partial charge on any atom is -0.497 e. The van der Waals surface area contributed by atoms with Gasteiger partial charge in [0.15, 0.2) is 0 Å². The van der Waals surface area contributed by atoms with Gasteiger partial charge in [0, 0.05) is 37.7 Å². The van der Waals surface area contributed by atoms with Gasteiger partial charge >= 0.3 is 6.03 Å². The van der Waals surface area contributed by atoms with E-state index in [9.17, 15) is 9.59 Å². The second-order valence-electron chi connectivity index (χ2n) is 8.49. The van der Waals surface area contributed by atoms with Gasteiger partial charge < -0.3 is 29.2 Å². The minimum absolute atomic E-state index is 0.156. The van der Waals surface area contributed by atoms with Crippen LogP contribution >= 0.6 is 0 Å². The number of carbonyl (C=O) groups excluding carboxylic acids is 2. The van der Waals surface area contributed by atoms with E-state index in [0.717, 1.165) is 23.3 Å². The largest absolute Gasteiger partial charge is 0.497 e. The van der Waals surface area contributed by atoms with Gasteiger partial charge in [-0.1, -0.05) is 19.1 Å². The lowest BCUT2D eigenvalue weighted by atomic mass is 9.97. The van der Waals surface area contributed by atoms with Crippen LogP contribution in [0.4, 0.5) is 4.79 Å². The predicted octanol–water partition coefficient (Wildman–Crippen LogP) is 3.46. The van der Waals surface area contributed by atoms with Crippen molar-refractivity contribution in [2.45, 2.75) is 25.8 Å². The molecule has 1 unspecified atom stereocenters. The van der Waals surface area contributed by atoms with Crippen LogP contribution in [0, 0.1) is 0 Å². The zero-order valence-electron chi connectivity index (χ0n) is 22.2. The van der Waals surface area contributed by atoms with Crippen LogP contribution in [0.15, 0.2) is 47.6 Å². The molecule has 1 heterocycles. The van der Waals surface area contributed by atoms with Crippen molar-refractivity contribution >= 4 is 17.6 Å². The normalized spacial score (nSPS) is 14.7. The van der Waals surface area contributed by atoms with Gasteiger partial charge in [0.05, 0.1) is 39.7 Å². The third-order valence-electron chi connectivity index (χ3n) is 6.07. The maximum absolute atomic E-state index is 13.7. The summed E-state index contributed by atoms with van der Waals surface area (Å²) >= 11 is 0. The van der Waals surface area contributed by atoms with Gasteiger partial charge in [-0.05, 0) is 36.8 Å². The number of urea groups is 1. The Bertz CT molecular complexity index is 1110. The molecule has 1 N–H and O–H groups in total. The number of methoxy groups -OCH3 is 4. The molecule has 0 saturated carbocycles. The van der Waals surface area contributed by atoms with Crippen molar-refractivity contribution in [1.82, 2.24) is 15.2 Å². The second-order valence-corrected chi connectivity index (χ2v) is 8.49. The van der Waals surface area contributed by atoms with E-state index in [-0.39, 0.29) is 25.0 Å². The third kappa shape index (κ3) is 6.91. The average Bonchev–Trinajstić information content (AvgIpc) is 3.39. The first-order valence-corrected chi connectivity index (χ1v) is 12.2. The first-order chi connectivity index (χ1) is 17.9. The Balaban J connectivity index is 1.98. The lowest BCUT2D eigenvalue weighted by Crippen LogP contribution is -2.47. The van der Waals surface area contributed by atoms with E-state index < -0.39 is 6.04 Å². The molecular formula is C27H36N4O6. The number of nitrogens with one attached hydrogen (secondary N) is 1. The van der Waals surface area contributed by atoms with E-state index in [1.54, 1.807) is 34.5 Å². The summed E-state index contributed by atoms with van der Waals surface area (Å²) in [7, 11) is 6.33. The van der Waals surface area contributed by atoms with Crippen molar-refractivity contribution in [3.8, 4) is 17.2 Å². The summed E-state index contributed by atoms with van der Waals surface area (Å²) in [5, 5.41) is 9.01. The van der Waals surface area contributed by atoms with Crippen molar-refractivity contribution in [1.29, 1.82) is 0 Å². The summed E-state index contributed by atoms with van der Waals surface area (Å²) in [6.45, 7) is 2.90. The van der Waals surface area contributed by atoms with Crippen LogP contribution < -0.4 is 19.5 Å². The van der Waals surface area contributed by atoms with Crippen LogP contribution in [0.1, 0.15) is 36.9 Å². The molecule has 37 heavy (non-hydrogen) atoms. The predicted molar refractivity (Wildman–Crippen MR) is 140 cm³/mol.